The van der Waals surface area contributed by atoms with Crippen molar-refractivity contribution in [2.75, 3.05) is 0 Å². The molecule has 0 saturated heterocycles. The second-order valence-corrected chi connectivity index (χ2v) is 5.68. The first-order chi connectivity index (χ1) is 10.8. The van der Waals surface area contributed by atoms with Gasteiger partial charge in [0, 0.05) is 0 Å². The molecule has 114 valence electrons. The Kier molecular flexibility index (Phi) is 4.47. The molecular weight excluding hydrogens is 277 g/mol. The molecule has 2 unspecified atom stereocenters. The number of rotatable bonds is 5. The van der Waals surface area contributed by atoms with E-state index in [2.05, 4.69) is 35.2 Å². The van der Waals surface area contributed by atoms with Crippen LogP contribution in [0.5, 0.6) is 0 Å². The van der Waals surface area contributed by atoms with Gasteiger partial charge in [-0.2, -0.15) is 5.10 Å². The molecule has 1 aliphatic carbocycles. The van der Waals surface area contributed by atoms with Crippen LogP contribution in [0, 0.1) is 5.92 Å². The van der Waals surface area contributed by atoms with E-state index in [1.807, 2.05) is 16.8 Å². The van der Waals surface area contributed by atoms with Crippen LogP contribution in [0.3, 0.4) is 0 Å². The molecule has 1 aromatic carbocycles. The second kappa shape index (κ2) is 6.69. The van der Waals surface area contributed by atoms with Crippen molar-refractivity contribution in [1.29, 1.82) is 0 Å². The molecule has 0 bridgehead atoms. The SMILES string of the molecule is CCC(CC1C=CC(F)=CC1)c1ccccc1-n1cncn1. The lowest BCUT2D eigenvalue weighted by molar-refractivity contribution is 0.486. The predicted octanol–water partition coefficient (Wildman–Crippen LogP) is 4.58. The van der Waals surface area contributed by atoms with E-state index in [9.17, 15) is 4.39 Å². The maximum Gasteiger partial charge on any atom is 0.138 e. The van der Waals surface area contributed by atoms with Gasteiger partial charge in [-0.1, -0.05) is 31.2 Å². The summed E-state index contributed by atoms with van der Waals surface area (Å²) in [6.45, 7) is 2.20. The van der Waals surface area contributed by atoms with E-state index >= 15 is 0 Å². The zero-order valence-electron chi connectivity index (χ0n) is 12.7. The van der Waals surface area contributed by atoms with Crippen LogP contribution in [-0.2, 0) is 0 Å². The van der Waals surface area contributed by atoms with Crippen LogP contribution in [0.2, 0.25) is 0 Å². The molecule has 0 spiro atoms. The Balaban J connectivity index is 1.84. The van der Waals surface area contributed by atoms with Gasteiger partial charge < -0.3 is 0 Å². The molecule has 1 aromatic heterocycles. The van der Waals surface area contributed by atoms with Crippen LogP contribution in [0.1, 0.15) is 37.7 Å². The topological polar surface area (TPSA) is 30.7 Å². The lowest BCUT2D eigenvalue weighted by atomic mass is 9.83. The smallest absolute Gasteiger partial charge is 0.138 e. The molecule has 0 fully saturated rings. The lowest BCUT2D eigenvalue weighted by Gasteiger charge is -2.23. The molecule has 2 aromatic rings. The molecule has 0 saturated carbocycles. The zero-order chi connectivity index (χ0) is 15.4. The van der Waals surface area contributed by atoms with Crippen LogP contribution in [0.25, 0.3) is 5.69 Å². The average Bonchev–Trinajstić information content (AvgIpc) is 3.09. The van der Waals surface area contributed by atoms with Gasteiger partial charge in [0.2, 0.25) is 0 Å². The van der Waals surface area contributed by atoms with Crippen molar-refractivity contribution in [2.45, 2.75) is 32.1 Å². The molecule has 0 radical (unpaired) electrons. The van der Waals surface area contributed by atoms with E-state index in [4.69, 9.17) is 0 Å². The fourth-order valence-electron chi connectivity index (χ4n) is 3.07. The van der Waals surface area contributed by atoms with Crippen molar-refractivity contribution >= 4 is 0 Å². The van der Waals surface area contributed by atoms with E-state index in [1.54, 1.807) is 24.8 Å². The summed E-state index contributed by atoms with van der Waals surface area (Å²) in [5.41, 5.74) is 2.35. The van der Waals surface area contributed by atoms with E-state index in [-0.39, 0.29) is 5.83 Å². The molecule has 2 atom stereocenters. The Bertz CT molecular complexity index is 673. The number of hydrogen-bond acceptors (Lipinski definition) is 2. The number of allylic oxidation sites excluding steroid dienone is 4. The highest BCUT2D eigenvalue weighted by Crippen LogP contribution is 2.34. The summed E-state index contributed by atoms with van der Waals surface area (Å²) in [4.78, 5) is 4.04. The quantitative estimate of drug-likeness (QED) is 0.808. The summed E-state index contributed by atoms with van der Waals surface area (Å²) in [7, 11) is 0. The number of benzene rings is 1. The fourth-order valence-corrected chi connectivity index (χ4v) is 3.07. The van der Waals surface area contributed by atoms with E-state index in [1.165, 1.54) is 5.56 Å². The number of hydrogen-bond donors (Lipinski definition) is 0. The van der Waals surface area contributed by atoms with Crippen LogP contribution in [0.4, 0.5) is 4.39 Å². The molecule has 0 N–H and O–H groups in total. The van der Waals surface area contributed by atoms with Crippen molar-refractivity contribution in [3.8, 4) is 5.69 Å². The van der Waals surface area contributed by atoms with Gasteiger partial charge in [-0.15, -0.1) is 0 Å². The van der Waals surface area contributed by atoms with E-state index in [0.717, 1.165) is 24.9 Å². The van der Waals surface area contributed by atoms with Gasteiger partial charge in [0.15, 0.2) is 0 Å². The fraction of sp³-hybridized carbons (Fsp3) is 0.333. The van der Waals surface area contributed by atoms with E-state index in [0.29, 0.717) is 11.8 Å². The summed E-state index contributed by atoms with van der Waals surface area (Å²) in [5.74, 6) is 0.699. The normalized spacial score (nSPS) is 19.0. The summed E-state index contributed by atoms with van der Waals surface area (Å²) >= 11 is 0. The summed E-state index contributed by atoms with van der Waals surface area (Å²) in [6, 6.07) is 8.32. The molecule has 22 heavy (non-hydrogen) atoms. The monoisotopic (exact) mass is 297 g/mol. The number of nitrogens with zero attached hydrogens (tertiary/aromatic N) is 3. The van der Waals surface area contributed by atoms with Gasteiger partial charge in [0.25, 0.3) is 0 Å². The highest BCUT2D eigenvalue weighted by molar-refractivity contribution is 5.42. The van der Waals surface area contributed by atoms with Crippen LogP contribution < -0.4 is 0 Å². The highest BCUT2D eigenvalue weighted by Gasteiger charge is 2.19. The third-order valence-electron chi connectivity index (χ3n) is 4.27. The van der Waals surface area contributed by atoms with Gasteiger partial charge in [0.05, 0.1) is 5.69 Å². The molecule has 3 rings (SSSR count). The Morgan fingerprint density at radius 1 is 1.36 bits per heavy atom. The molecular formula is C18H20FN3. The third kappa shape index (κ3) is 3.16. The lowest BCUT2D eigenvalue weighted by Crippen LogP contribution is -2.10. The standard InChI is InChI=1S/C18H20FN3/c1-2-15(11-14-7-9-16(19)10-8-14)17-5-3-4-6-18(17)22-13-20-12-21-22/h3-7,9-10,12-15H,2,8,11H2,1H3. The minimum Gasteiger partial charge on any atom is -0.223 e. The summed E-state index contributed by atoms with van der Waals surface area (Å²) < 4.78 is 14.9. The average molecular weight is 297 g/mol. The van der Waals surface area contributed by atoms with Gasteiger partial charge in [-0.05, 0) is 54.9 Å². The summed E-state index contributed by atoms with van der Waals surface area (Å²) in [6.07, 6.45) is 11.4. The maximum absolute atomic E-state index is 13.1. The first-order valence-electron chi connectivity index (χ1n) is 7.75. The number of aromatic nitrogens is 3. The molecule has 4 heteroatoms. The van der Waals surface area contributed by atoms with Crippen molar-refractivity contribution in [1.82, 2.24) is 14.8 Å². The van der Waals surface area contributed by atoms with Gasteiger partial charge >= 0.3 is 0 Å². The molecule has 0 amide bonds. The first-order valence-corrected chi connectivity index (χ1v) is 7.75. The Morgan fingerprint density at radius 3 is 2.91 bits per heavy atom. The van der Waals surface area contributed by atoms with Gasteiger partial charge in [-0.25, -0.2) is 14.1 Å². The molecule has 1 heterocycles. The van der Waals surface area contributed by atoms with Gasteiger partial charge in [0.1, 0.15) is 18.5 Å². The third-order valence-corrected chi connectivity index (χ3v) is 4.27. The maximum atomic E-state index is 13.1. The second-order valence-electron chi connectivity index (χ2n) is 5.68. The first kappa shape index (κ1) is 14.7. The minimum atomic E-state index is -0.118. The van der Waals surface area contributed by atoms with E-state index < -0.39 is 0 Å². The largest absolute Gasteiger partial charge is 0.223 e. The molecule has 1 aliphatic rings. The minimum absolute atomic E-state index is 0.118. The van der Waals surface area contributed by atoms with Crippen molar-refractivity contribution in [2.24, 2.45) is 5.92 Å². The van der Waals surface area contributed by atoms with Crippen molar-refractivity contribution in [3.05, 3.63) is 66.5 Å². The molecule has 0 aliphatic heterocycles. The number of para-hydroxylation sites is 1. The van der Waals surface area contributed by atoms with Crippen LogP contribution in [0.15, 0.2) is 61.0 Å². The predicted molar refractivity (Wildman–Crippen MR) is 85.4 cm³/mol. The number of halogens is 1. The highest BCUT2D eigenvalue weighted by atomic mass is 19.1. The van der Waals surface area contributed by atoms with Crippen molar-refractivity contribution < 1.29 is 4.39 Å². The molecule has 3 nitrogen and oxygen atoms in total. The zero-order valence-corrected chi connectivity index (χ0v) is 12.7. The Hall–Kier alpha value is -2.23. The Morgan fingerprint density at radius 2 is 2.23 bits per heavy atom. The van der Waals surface area contributed by atoms with Crippen molar-refractivity contribution in [3.63, 3.8) is 0 Å². The van der Waals surface area contributed by atoms with Crippen LogP contribution in [-0.4, -0.2) is 14.8 Å². The Labute approximate surface area is 130 Å². The summed E-state index contributed by atoms with van der Waals surface area (Å²) in [5, 5.41) is 4.25. The van der Waals surface area contributed by atoms with Gasteiger partial charge in [-0.3, -0.25) is 0 Å². The van der Waals surface area contributed by atoms with Crippen LogP contribution >= 0.6 is 0 Å².